The van der Waals surface area contributed by atoms with Crippen molar-refractivity contribution in [1.29, 1.82) is 0 Å². The lowest BCUT2D eigenvalue weighted by molar-refractivity contribution is 0.220. The molecule has 2 nitrogen and oxygen atoms in total. The number of ether oxygens (including phenoxy) is 1. The van der Waals surface area contributed by atoms with E-state index in [1.165, 1.54) is 15.9 Å². The van der Waals surface area contributed by atoms with Gasteiger partial charge in [-0.05, 0) is 35.7 Å². The third-order valence-corrected chi connectivity index (χ3v) is 8.41. The minimum absolute atomic E-state index is 0.0679. The molecule has 142 valence electrons. The largest absolute Gasteiger partial charge is 0.402 e. The van der Waals surface area contributed by atoms with Crippen LogP contribution in [0.4, 0.5) is 0 Å². The normalized spacial score (nSPS) is 13.2. The molecule has 0 aliphatic carbocycles. The summed E-state index contributed by atoms with van der Waals surface area (Å²) in [4.78, 5) is 0. The van der Waals surface area contributed by atoms with Crippen LogP contribution in [0, 0.1) is 0 Å². The maximum Gasteiger partial charge on any atom is 0.281 e. The number of methoxy groups -OCH3 is 1. The lowest BCUT2D eigenvalue weighted by atomic mass is 10.2. The van der Waals surface area contributed by atoms with Gasteiger partial charge in [0.1, 0.15) is 0 Å². The van der Waals surface area contributed by atoms with Crippen molar-refractivity contribution in [3.05, 3.63) is 97.2 Å². The van der Waals surface area contributed by atoms with E-state index in [0.717, 1.165) is 12.8 Å². The van der Waals surface area contributed by atoms with Gasteiger partial charge in [-0.1, -0.05) is 78.5 Å². The first kappa shape index (κ1) is 21.1. The molecule has 0 saturated carbocycles. The van der Waals surface area contributed by atoms with Crippen LogP contribution in [0.25, 0.3) is 0 Å². The van der Waals surface area contributed by atoms with E-state index in [-0.39, 0.29) is 6.10 Å². The van der Waals surface area contributed by atoms with Gasteiger partial charge in [0, 0.05) is 13.2 Å². The van der Waals surface area contributed by atoms with E-state index in [1.54, 1.807) is 7.11 Å². The van der Waals surface area contributed by atoms with Crippen molar-refractivity contribution in [2.75, 3.05) is 13.7 Å². The monoisotopic (exact) mass is 378 g/mol. The van der Waals surface area contributed by atoms with Gasteiger partial charge in [-0.15, -0.1) is 13.2 Å². The Kier molecular flexibility index (Phi) is 8.46. The smallest absolute Gasteiger partial charge is 0.281 e. The molecule has 2 aromatic carbocycles. The van der Waals surface area contributed by atoms with Crippen LogP contribution in [-0.2, 0) is 9.16 Å². The lowest BCUT2D eigenvalue weighted by Crippen LogP contribution is -2.61. The second kappa shape index (κ2) is 10.8. The molecule has 1 atom stereocenters. The fourth-order valence-electron chi connectivity index (χ4n) is 3.29. The minimum Gasteiger partial charge on any atom is -0.402 e. The van der Waals surface area contributed by atoms with E-state index in [0.29, 0.717) is 6.61 Å². The highest BCUT2D eigenvalue weighted by Gasteiger charge is 2.39. The average molecular weight is 379 g/mol. The van der Waals surface area contributed by atoms with E-state index in [1.807, 2.05) is 24.3 Å². The summed E-state index contributed by atoms with van der Waals surface area (Å²) < 4.78 is 12.3. The van der Waals surface area contributed by atoms with Crippen molar-refractivity contribution in [1.82, 2.24) is 0 Å². The Balaban J connectivity index is 2.70. The molecule has 0 radical (unpaired) electrons. The number of benzene rings is 2. The van der Waals surface area contributed by atoms with Crippen molar-refractivity contribution < 1.29 is 9.16 Å². The van der Waals surface area contributed by atoms with Gasteiger partial charge in [-0.3, -0.25) is 0 Å². The minimum atomic E-state index is -2.62. The van der Waals surface area contributed by atoms with Gasteiger partial charge in [0.25, 0.3) is 8.32 Å². The molecule has 0 bridgehead atoms. The Morgan fingerprint density at radius 1 is 0.963 bits per heavy atom. The fourth-order valence-corrected chi connectivity index (χ4v) is 7.18. The quantitative estimate of drug-likeness (QED) is 0.426. The molecule has 0 aliphatic rings. The Labute approximate surface area is 165 Å². The third kappa shape index (κ3) is 5.63. The zero-order valence-corrected chi connectivity index (χ0v) is 17.4. The molecule has 0 N–H and O–H groups in total. The van der Waals surface area contributed by atoms with E-state index < -0.39 is 8.32 Å². The zero-order valence-electron chi connectivity index (χ0n) is 16.4. The molecule has 2 rings (SSSR count). The van der Waals surface area contributed by atoms with Gasteiger partial charge in [-0.25, -0.2) is 0 Å². The molecule has 0 saturated heterocycles. The van der Waals surface area contributed by atoms with Crippen molar-refractivity contribution in [2.24, 2.45) is 0 Å². The Morgan fingerprint density at radius 3 is 1.96 bits per heavy atom. The maximum atomic E-state index is 6.88. The molecule has 0 aromatic heterocycles. The summed E-state index contributed by atoms with van der Waals surface area (Å²) in [5, 5.41) is 2.45. The third-order valence-electron chi connectivity index (χ3n) is 4.43. The topological polar surface area (TPSA) is 18.5 Å². The predicted octanol–water partition coefficient (Wildman–Crippen LogP) is 4.42. The summed E-state index contributed by atoms with van der Waals surface area (Å²) in [6.07, 6.45) is 5.50. The predicted molar refractivity (Wildman–Crippen MR) is 118 cm³/mol. The molecule has 3 heteroatoms. The van der Waals surface area contributed by atoms with Crippen molar-refractivity contribution in [3.8, 4) is 0 Å². The first-order valence-electron chi connectivity index (χ1n) is 9.36. The number of rotatable bonds is 11. The van der Waals surface area contributed by atoms with E-state index in [4.69, 9.17) is 9.16 Å². The van der Waals surface area contributed by atoms with Gasteiger partial charge < -0.3 is 9.16 Å². The van der Waals surface area contributed by atoms with E-state index in [2.05, 4.69) is 74.3 Å². The zero-order chi connectivity index (χ0) is 19.5. The summed E-state index contributed by atoms with van der Waals surface area (Å²) in [6.45, 7) is 10.5. The molecule has 0 amide bonds. The summed E-state index contributed by atoms with van der Waals surface area (Å²) in [6, 6.07) is 21.1. The molecule has 0 aliphatic heterocycles. The van der Waals surface area contributed by atoms with Crippen LogP contribution >= 0.6 is 0 Å². The number of hydrogen-bond donors (Lipinski definition) is 0. The second-order valence-electron chi connectivity index (χ2n) is 6.65. The van der Waals surface area contributed by atoms with Crippen LogP contribution in [0.3, 0.4) is 0 Å². The van der Waals surface area contributed by atoms with Crippen molar-refractivity contribution in [3.63, 3.8) is 0 Å². The molecule has 0 spiro atoms. The summed E-state index contributed by atoms with van der Waals surface area (Å²) in [5.41, 5.74) is 3.53. The van der Waals surface area contributed by atoms with Crippen LogP contribution < -0.4 is 10.4 Å². The van der Waals surface area contributed by atoms with Gasteiger partial charge >= 0.3 is 0 Å². The molecule has 2 aromatic rings. The molecular weight excluding hydrogens is 348 g/mol. The van der Waals surface area contributed by atoms with Crippen LogP contribution in [0.5, 0.6) is 0 Å². The van der Waals surface area contributed by atoms with Crippen molar-refractivity contribution >= 4 is 18.7 Å². The molecule has 1 unspecified atom stereocenters. The summed E-state index contributed by atoms with van der Waals surface area (Å²) >= 11 is 0. The first-order valence-corrected chi connectivity index (χ1v) is 11.3. The van der Waals surface area contributed by atoms with E-state index in [9.17, 15) is 0 Å². The Morgan fingerprint density at radius 2 is 1.52 bits per heavy atom. The highest BCUT2D eigenvalue weighted by molar-refractivity contribution is 7.01. The van der Waals surface area contributed by atoms with Gasteiger partial charge in [0.15, 0.2) is 0 Å². The Bertz CT molecular complexity index is 698. The summed E-state index contributed by atoms with van der Waals surface area (Å²) in [5.74, 6) is 0. The fraction of sp³-hybridized carbons (Fsp3) is 0.250. The maximum absolute atomic E-state index is 6.88. The SMILES string of the molecule is C=CC/C(=C/[Si](OC(C)CC=C)(c1ccccc1)c1ccccc1)COC. The van der Waals surface area contributed by atoms with Crippen LogP contribution in [0.15, 0.2) is 97.2 Å². The first-order chi connectivity index (χ1) is 13.2. The molecule has 27 heavy (non-hydrogen) atoms. The van der Waals surface area contributed by atoms with Gasteiger partial charge in [0.2, 0.25) is 0 Å². The number of hydrogen-bond acceptors (Lipinski definition) is 2. The van der Waals surface area contributed by atoms with Crippen LogP contribution in [0.1, 0.15) is 19.8 Å². The molecule has 0 fully saturated rings. The Hall–Kier alpha value is -2.20. The second-order valence-corrected chi connectivity index (χ2v) is 9.80. The van der Waals surface area contributed by atoms with Crippen LogP contribution in [0.2, 0.25) is 0 Å². The van der Waals surface area contributed by atoms with Gasteiger partial charge in [-0.2, -0.15) is 0 Å². The standard InChI is InChI=1S/C24H30O2Si/c1-5-13-21(3)26-27(23-15-9-7-10-16-23,24-17-11-8-12-18-24)20-22(14-6-2)19-25-4/h5-12,15-18,20-21H,1-2,13-14,19H2,3-4H3/b22-20-. The highest BCUT2D eigenvalue weighted by atomic mass is 28.4. The van der Waals surface area contributed by atoms with Crippen molar-refractivity contribution in [2.45, 2.75) is 25.9 Å². The number of allylic oxidation sites excluding steroid dienone is 1. The summed E-state index contributed by atoms with van der Waals surface area (Å²) in [7, 11) is -0.895. The average Bonchev–Trinajstić information content (AvgIpc) is 2.69. The lowest BCUT2D eigenvalue weighted by Gasteiger charge is -2.33. The van der Waals surface area contributed by atoms with Gasteiger partial charge in [0.05, 0.1) is 6.61 Å². The van der Waals surface area contributed by atoms with E-state index >= 15 is 0 Å². The highest BCUT2D eigenvalue weighted by Crippen LogP contribution is 2.18. The molecular formula is C24H30O2Si. The van der Waals surface area contributed by atoms with Crippen LogP contribution in [-0.4, -0.2) is 28.1 Å². The molecule has 0 heterocycles.